The number of rotatable bonds is 8. The van der Waals surface area contributed by atoms with E-state index in [1.54, 1.807) is 60.7 Å². The smallest absolute Gasteiger partial charge is 0.335 e. The van der Waals surface area contributed by atoms with Crippen LogP contribution in [0, 0.1) is 0 Å². The molecule has 4 rings (SSSR count). The fraction of sp³-hybridized carbons (Fsp3) is 0.0714. The Bertz CT molecular complexity index is 1390. The minimum absolute atomic E-state index is 0.0614. The number of para-hydroxylation sites is 1. The highest BCUT2D eigenvalue weighted by Crippen LogP contribution is 2.33. The number of carbonyl (C=O) groups is 4. The number of carbonyl (C=O) groups excluding carboxylic acids is 3. The monoisotopic (exact) mass is 499 g/mol. The summed E-state index contributed by atoms with van der Waals surface area (Å²) in [4.78, 5) is 50.1. The maximum Gasteiger partial charge on any atom is 0.335 e. The summed E-state index contributed by atoms with van der Waals surface area (Å²) in [6.45, 7) is 0.0614. The number of allylic oxidation sites excluding steroid dienone is 1. The molecule has 1 N–H and O–H groups in total. The number of ketones is 1. The second kappa shape index (κ2) is 10.9. The summed E-state index contributed by atoms with van der Waals surface area (Å²) in [5.74, 6) is -1.12. The lowest BCUT2D eigenvalue weighted by atomic mass is 10.1. The second-order valence-electron chi connectivity index (χ2n) is 7.83. The average Bonchev–Trinajstić information content (AvgIpc) is 3.15. The molecule has 1 saturated heterocycles. The van der Waals surface area contributed by atoms with Crippen molar-refractivity contribution in [1.29, 1.82) is 0 Å². The molecule has 3 aromatic carbocycles. The topological polar surface area (TPSA) is 101 Å². The first-order valence-electron chi connectivity index (χ1n) is 10.9. The maximum atomic E-state index is 12.8. The zero-order valence-corrected chi connectivity index (χ0v) is 20.0. The molecule has 0 unspecified atom stereocenters. The third kappa shape index (κ3) is 5.61. The standard InChI is InChI=1S/C28H21NO6S/c1-35-24-5-3-2-4-22(24)23(30)15-12-18-6-8-19(9-7-18)16-25-26(31)29(28(34)36-25)17-20-10-13-21(14-11-20)27(32)33/h2-16H,17H2,1H3,(H,32,33)/b15-12+,25-16-. The van der Waals surface area contributed by atoms with E-state index in [-0.39, 0.29) is 23.1 Å². The molecule has 0 bridgehead atoms. The van der Waals surface area contributed by atoms with Crippen molar-refractivity contribution in [3.05, 3.63) is 112 Å². The third-order valence-electron chi connectivity index (χ3n) is 5.45. The molecule has 1 aliphatic heterocycles. The van der Waals surface area contributed by atoms with Crippen molar-refractivity contribution in [3.8, 4) is 5.75 Å². The maximum absolute atomic E-state index is 12.8. The van der Waals surface area contributed by atoms with Crippen molar-refractivity contribution in [1.82, 2.24) is 4.90 Å². The van der Waals surface area contributed by atoms with E-state index in [0.29, 0.717) is 21.8 Å². The molecule has 2 amide bonds. The van der Waals surface area contributed by atoms with Crippen molar-refractivity contribution in [2.75, 3.05) is 7.11 Å². The molecule has 180 valence electrons. The summed E-state index contributed by atoms with van der Waals surface area (Å²) >= 11 is 0.857. The number of aromatic carboxylic acids is 1. The van der Waals surface area contributed by atoms with Gasteiger partial charge in [0, 0.05) is 0 Å². The number of benzene rings is 3. The van der Waals surface area contributed by atoms with Crippen molar-refractivity contribution in [2.45, 2.75) is 6.54 Å². The van der Waals surface area contributed by atoms with Gasteiger partial charge in [0.05, 0.1) is 29.7 Å². The van der Waals surface area contributed by atoms with Gasteiger partial charge in [-0.2, -0.15) is 0 Å². The van der Waals surface area contributed by atoms with E-state index in [9.17, 15) is 19.2 Å². The van der Waals surface area contributed by atoms with Gasteiger partial charge in [0.15, 0.2) is 5.78 Å². The molecule has 1 aliphatic rings. The largest absolute Gasteiger partial charge is 0.496 e. The van der Waals surface area contributed by atoms with Crippen LogP contribution in [-0.2, 0) is 11.3 Å². The number of hydrogen-bond donors (Lipinski definition) is 1. The molecule has 36 heavy (non-hydrogen) atoms. The number of imide groups is 1. The number of ether oxygens (including phenoxy) is 1. The van der Waals surface area contributed by atoms with E-state index < -0.39 is 11.9 Å². The van der Waals surface area contributed by atoms with Crippen LogP contribution in [0.1, 0.15) is 37.4 Å². The van der Waals surface area contributed by atoms with Crippen LogP contribution < -0.4 is 4.74 Å². The molecule has 0 atom stereocenters. The molecule has 1 heterocycles. The van der Waals surface area contributed by atoms with E-state index in [0.717, 1.165) is 27.8 Å². The van der Waals surface area contributed by atoms with Gasteiger partial charge in [-0.3, -0.25) is 19.3 Å². The lowest BCUT2D eigenvalue weighted by molar-refractivity contribution is -0.123. The van der Waals surface area contributed by atoms with E-state index in [2.05, 4.69) is 0 Å². The van der Waals surface area contributed by atoms with Crippen LogP contribution in [0.2, 0.25) is 0 Å². The van der Waals surface area contributed by atoms with Crippen molar-refractivity contribution in [3.63, 3.8) is 0 Å². The Hall–Kier alpha value is -4.43. The molecule has 1 fully saturated rings. The first-order chi connectivity index (χ1) is 17.4. The number of nitrogens with zero attached hydrogens (tertiary/aromatic N) is 1. The summed E-state index contributed by atoms with van der Waals surface area (Å²) in [5, 5.41) is 8.62. The lowest BCUT2D eigenvalue weighted by Gasteiger charge is -2.12. The minimum Gasteiger partial charge on any atom is -0.496 e. The predicted octanol–water partition coefficient (Wildman–Crippen LogP) is 5.53. The SMILES string of the molecule is COc1ccccc1C(=O)/C=C/c1ccc(/C=C2\SC(=O)N(Cc3ccc(C(=O)O)cc3)C2=O)cc1. The Morgan fingerprint density at radius 2 is 1.61 bits per heavy atom. The molecular formula is C28H21NO6S. The van der Waals surface area contributed by atoms with Gasteiger partial charge in [-0.05, 0) is 64.9 Å². The number of carboxylic acids is 1. The van der Waals surface area contributed by atoms with Gasteiger partial charge in [-0.25, -0.2) is 4.79 Å². The molecule has 3 aromatic rings. The van der Waals surface area contributed by atoms with Crippen LogP contribution >= 0.6 is 11.8 Å². The third-order valence-corrected chi connectivity index (χ3v) is 6.36. The zero-order chi connectivity index (χ0) is 25.7. The Labute approximate surface area is 211 Å². The summed E-state index contributed by atoms with van der Waals surface area (Å²) in [5.41, 5.74) is 2.80. The average molecular weight is 500 g/mol. The van der Waals surface area contributed by atoms with Crippen molar-refractivity contribution >= 4 is 46.8 Å². The molecule has 0 radical (unpaired) electrons. The predicted molar refractivity (Wildman–Crippen MR) is 138 cm³/mol. The van der Waals surface area contributed by atoms with E-state index in [4.69, 9.17) is 9.84 Å². The summed E-state index contributed by atoms with van der Waals surface area (Å²) in [6.07, 6.45) is 4.81. The molecule has 0 aromatic heterocycles. The number of hydrogen-bond acceptors (Lipinski definition) is 6. The van der Waals surface area contributed by atoms with Crippen molar-refractivity contribution in [2.24, 2.45) is 0 Å². The molecule has 0 aliphatic carbocycles. The van der Waals surface area contributed by atoms with Gasteiger partial charge in [0.2, 0.25) is 0 Å². The highest BCUT2D eigenvalue weighted by atomic mass is 32.2. The van der Waals surface area contributed by atoms with Gasteiger partial charge < -0.3 is 9.84 Å². The van der Waals surface area contributed by atoms with Crippen LogP contribution in [0.5, 0.6) is 5.75 Å². The van der Waals surface area contributed by atoms with Gasteiger partial charge >= 0.3 is 5.97 Å². The van der Waals surface area contributed by atoms with Crippen LogP contribution in [0.25, 0.3) is 12.2 Å². The molecular weight excluding hydrogens is 478 g/mol. The minimum atomic E-state index is -1.04. The molecule has 0 saturated carbocycles. The van der Waals surface area contributed by atoms with E-state index >= 15 is 0 Å². The summed E-state index contributed by atoms with van der Waals surface area (Å²) < 4.78 is 5.23. The Kier molecular flexibility index (Phi) is 7.46. The highest BCUT2D eigenvalue weighted by molar-refractivity contribution is 8.18. The Morgan fingerprint density at radius 3 is 2.28 bits per heavy atom. The number of carboxylic acid groups (broad SMARTS) is 1. The first-order valence-corrected chi connectivity index (χ1v) is 11.7. The Morgan fingerprint density at radius 1 is 0.944 bits per heavy atom. The molecule has 0 spiro atoms. The van der Waals surface area contributed by atoms with E-state index in [1.807, 2.05) is 12.1 Å². The number of thioether (sulfide) groups is 1. The van der Waals surface area contributed by atoms with Gasteiger partial charge in [0.25, 0.3) is 11.1 Å². The van der Waals surface area contributed by atoms with E-state index in [1.165, 1.54) is 25.3 Å². The normalized spacial score (nSPS) is 14.6. The lowest BCUT2D eigenvalue weighted by Crippen LogP contribution is -2.27. The fourth-order valence-corrected chi connectivity index (χ4v) is 4.37. The quantitative estimate of drug-likeness (QED) is 0.321. The van der Waals surface area contributed by atoms with Gasteiger partial charge in [-0.1, -0.05) is 54.6 Å². The van der Waals surface area contributed by atoms with Crippen LogP contribution in [0.15, 0.2) is 83.8 Å². The van der Waals surface area contributed by atoms with Crippen molar-refractivity contribution < 1.29 is 29.0 Å². The van der Waals surface area contributed by atoms with Crippen LogP contribution in [0.3, 0.4) is 0 Å². The van der Waals surface area contributed by atoms with Gasteiger partial charge in [-0.15, -0.1) is 0 Å². The van der Waals surface area contributed by atoms with Gasteiger partial charge in [0.1, 0.15) is 5.75 Å². The fourth-order valence-electron chi connectivity index (χ4n) is 3.54. The van der Waals surface area contributed by atoms with Crippen LogP contribution in [-0.4, -0.2) is 40.0 Å². The first kappa shape index (κ1) is 24.7. The summed E-state index contributed by atoms with van der Waals surface area (Å²) in [6, 6.07) is 20.3. The zero-order valence-electron chi connectivity index (χ0n) is 19.2. The second-order valence-corrected chi connectivity index (χ2v) is 8.83. The highest BCUT2D eigenvalue weighted by Gasteiger charge is 2.35. The number of methoxy groups -OCH3 is 1. The van der Waals surface area contributed by atoms with Crippen LogP contribution in [0.4, 0.5) is 4.79 Å². The number of amides is 2. The molecule has 8 heteroatoms. The molecule has 7 nitrogen and oxygen atoms in total. The Balaban J connectivity index is 1.42. The summed E-state index contributed by atoms with van der Waals surface area (Å²) in [7, 11) is 1.52.